The minimum atomic E-state index is -0.117. The molecular weight excluding hydrogens is 238 g/mol. The molecule has 0 spiro atoms. The van der Waals surface area contributed by atoms with Crippen LogP contribution in [0.1, 0.15) is 52.9 Å². The molecule has 2 amide bonds. The third-order valence-electron chi connectivity index (χ3n) is 4.50. The summed E-state index contributed by atoms with van der Waals surface area (Å²) < 4.78 is 0. The van der Waals surface area contributed by atoms with Gasteiger partial charge < -0.3 is 15.5 Å². The molecule has 0 aromatic rings. The maximum absolute atomic E-state index is 12.6. The lowest BCUT2D eigenvalue weighted by Crippen LogP contribution is -2.60. The second-order valence-corrected chi connectivity index (χ2v) is 6.08. The fourth-order valence-corrected chi connectivity index (χ4v) is 3.27. The van der Waals surface area contributed by atoms with Crippen LogP contribution in [-0.2, 0) is 0 Å². The van der Waals surface area contributed by atoms with E-state index in [4.69, 9.17) is 5.73 Å². The van der Waals surface area contributed by atoms with Crippen LogP contribution in [0, 0.1) is 5.92 Å². The van der Waals surface area contributed by atoms with Crippen molar-refractivity contribution in [2.75, 3.05) is 26.7 Å². The lowest BCUT2D eigenvalue weighted by molar-refractivity contribution is 0.0519. The molecule has 2 atom stereocenters. The van der Waals surface area contributed by atoms with Crippen molar-refractivity contribution in [2.24, 2.45) is 11.7 Å². The van der Waals surface area contributed by atoms with Crippen molar-refractivity contribution in [3.05, 3.63) is 0 Å². The van der Waals surface area contributed by atoms with Gasteiger partial charge in [0, 0.05) is 26.7 Å². The van der Waals surface area contributed by atoms with Gasteiger partial charge in [0.15, 0.2) is 0 Å². The van der Waals surface area contributed by atoms with Crippen molar-refractivity contribution in [2.45, 2.75) is 58.4 Å². The summed E-state index contributed by atoms with van der Waals surface area (Å²) in [6.07, 6.45) is 5.53. The second-order valence-electron chi connectivity index (χ2n) is 6.08. The van der Waals surface area contributed by atoms with Crippen LogP contribution in [-0.4, -0.2) is 48.1 Å². The lowest BCUT2D eigenvalue weighted by atomic mass is 9.75. The van der Waals surface area contributed by atoms with Crippen LogP contribution in [0.15, 0.2) is 0 Å². The van der Waals surface area contributed by atoms with Crippen molar-refractivity contribution in [1.82, 2.24) is 9.80 Å². The van der Waals surface area contributed by atoms with Gasteiger partial charge >= 0.3 is 6.03 Å². The molecular formula is C15H31N3O. The maximum Gasteiger partial charge on any atom is 0.320 e. The summed E-state index contributed by atoms with van der Waals surface area (Å²) in [6.45, 7) is 8.56. The first-order chi connectivity index (χ1) is 9.00. The van der Waals surface area contributed by atoms with Gasteiger partial charge in [0.1, 0.15) is 0 Å². The first kappa shape index (κ1) is 16.3. The Hall–Kier alpha value is -0.770. The molecule has 0 heterocycles. The molecule has 1 aliphatic rings. The summed E-state index contributed by atoms with van der Waals surface area (Å²) >= 11 is 0. The highest BCUT2D eigenvalue weighted by Gasteiger charge is 2.41. The number of carbonyl (C=O) groups excluding carboxylic acids is 1. The Balaban J connectivity index is 2.96. The van der Waals surface area contributed by atoms with Gasteiger partial charge in [0.2, 0.25) is 0 Å². The molecule has 0 bridgehead atoms. The van der Waals surface area contributed by atoms with E-state index in [1.54, 1.807) is 4.90 Å². The number of hydrogen-bond donors (Lipinski definition) is 1. The third-order valence-corrected chi connectivity index (χ3v) is 4.50. The first-order valence-electron chi connectivity index (χ1n) is 7.73. The molecule has 1 aliphatic carbocycles. The fourth-order valence-electron chi connectivity index (χ4n) is 3.27. The van der Waals surface area contributed by atoms with Crippen molar-refractivity contribution >= 4 is 6.03 Å². The largest absolute Gasteiger partial charge is 0.328 e. The lowest BCUT2D eigenvalue weighted by Gasteiger charge is -2.48. The molecule has 1 rings (SSSR count). The number of rotatable bonds is 5. The highest BCUT2D eigenvalue weighted by Crippen LogP contribution is 2.36. The molecule has 4 nitrogen and oxygen atoms in total. The fraction of sp³-hybridized carbons (Fsp3) is 0.933. The minimum Gasteiger partial charge on any atom is -0.328 e. The Morgan fingerprint density at radius 1 is 1.42 bits per heavy atom. The molecule has 0 aliphatic heterocycles. The van der Waals surface area contributed by atoms with Gasteiger partial charge in [-0.25, -0.2) is 4.79 Å². The average Bonchev–Trinajstić information content (AvgIpc) is 2.42. The smallest absolute Gasteiger partial charge is 0.320 e. The number of carbonyl (C=O) groups is 1. The summed E-state index contributed by atoms with van der Waals surface area (Å²) in [5.74, 6) is 0.663. The van der Waals surface area contributed by atoms with Crippen LogP contribution < -0.4 is 5.73 Å². The van der Waals surface area contributed by atoms with E-state index in [0.29, 0.717) is 12.5 Å². The molecule has 0 saturated heterocycles. The van der Waals surface area contributed by atoms with E-state index in [0.717, 1.165) is 32.4 Å². The predicted octanol–water partition coefficient (Wildman–Crippen LogP) is 2.68. The molecule has 0 aromatic heterocycles. The van der Waals surface area contributed by atoms with Crippen LogP contribution in [0.2, 0.25) is 0 Å². The molecule has 4 heteroatoms. The number of nitrogens with two attached hydrogens (primary N) is 1. The second kappa shape index (κ2) is 7.13. The van der Waals surface area contributed by atoms with Crippen molar-refractivity contribution < 1.29 is 4.79 Å². The third kappa shape index (κ3) is 3.62. The van der Waals surface area contributed by atoms with Gasteiger partial charge in [-0.05, 0) is 32.1 Å². The Kier molecular flexibility index (Phi) is 6.11. The van der Waals surface area contributed by atoms with Gasteiger partial charge in [-0.3, -0.25) is 0 Å². The van der Waals surface area contributed by atoms with Gasteiger partial charge in [-0.1, -0.05) is 26.7 Å². The molecule has 19 heavy (non-hydrogen) atoms. The van der Waals surface area contributed by atoms with E-state index in [2.05, 4.69) is 18.7 Å². The number of urea groups is 1. The maximum atomic E-state index is 12.6. The van der Waals surface area contributed by atoms with Crippen LogP contribution in [0.25, 0.3) is 0 Å². The summed E-state index contributed by atoms with van der Waals surface area (Å²) in [6, 6.07) is 0.143. The SMILES string of the molecule is CCCN(C(=O)N(C)CC)C1(CN)CCCC(C)C1. The van der Waals surface area contributed by atoms with Gasteiger partial charge in [0.25, 0.3) is 0 Å². The normalized spacial score (nSPS) is 27.1. The number of nitrogens with zero attached hydrogens (tertiary/aromatic N) is 2. The predicted molar refractivity (Wildman–Crippen MR) is 80.1 cm³/mol. The Bertz CT molecular complexity index is 295. The Morgan fingerprint density at radius 3 is 2.58 bits per heavy atom. The van der Waals surface area contributed by atoms with Crippen molar-refractivity contribution in [3.63, 3.8) is 0 Å². The van der Waals surface area contributed by atoms with E-state index in [9.17, 15) is 4.79 Å². The molecule has 1 saturated carbocycles. The van der Waals surface area contributed by atoms with Crippen LogP contribution in [0.4, 0.5) is 4.79 Å². The number of hydrogen-bond acceptors (Lipinski definition) is 2. The van der Waals surface area contributed by atoms with Crippen LogP contribution in [0.5, 0.6) is 0 Å². The van der Waals surface area contributed by atoms with E-state index < -0.39 is 0 Å². The summed E-state index contributed by atoms with van der Waals surface area (Å²) in [5.41, 5.74) is 5.98. The summed E-state index contributed by atoms with van der Waals surface area (Å²) in [5, 5.41) is 0. The molecule has 0 aromatic carbocycles. The van der Waals surface area contributed by atoms with Crippen molar-refractivity contribution in [1.29, 1.82) is 0 Å². The number of amides is 2. The highest BCUT2D eigenvalue weighted by molar-refractivity contribution is 5.75. The van der Waals surface area contributed by atoms with Gasteiger partial charge in [0.05, 0.1) is 5.54 Å². The zero-order valence-electron chi connectivity index (χ0n) is 13.1. The molecule has 2 N–H and O–H groups in total. The van der Waals surface area contributed by atoms with E-state index >= 15 is 0 Å². The average molecular weight is 269 g/mol. The van der Waals surface area contributed by atoms with Crippen LogP contribution in [0.3, 0.4) is 0 Å². The van der Waals surface area contributed by atoms with E-state index in [1.807, 2.05) is 14.0 Å². The monoisotopic (exact) mass is 269 g/mol. The Labute approximate surface area is 118 Å². The quantitative estimate of drug-likeness (QED) is 0.834. The molecule has 112 valence electrons. The molecule has 2 unspecified atom stereocenters. The summed E-state index contributed by atoms with van der Waals surface area (Å²) in [4.78, 5) is 16.5. The molecule has 0 radical (unpaired) electrons. The minimum absolute atomic E-state index is 0.117. The molecule has 1 fully saturated rings. The topological polar surface area (TPSA) is 49.6 Å². The zero-order chi connectivity index (χ0) is 14.5. The Morgan fingerprint density at radius 2 is 2.11 bits per heavy atom. The standard InChI is InChI=1S/C15H31N3O/c1-5-10-18(14(19)17(4)6-2)15(12-16)9-7-8-13(3)11-15/h13H,5-12,16H2,1-4H3. The highest BCUT2D eigenvalue weighted by atomic mass is 16.2. The van der Waals surface area contributed by atoms with E-state index in [-0.39, 0.29) is 11.6 Å². The van der Waals surface area contributed by atoms with Gasteiger partial charge in [-0.2, -0.15) is 0 Å². The first-order valence-corrected chi connectivity index (χ1v) is 7.73. The summed E-state index contributed by atoms with van der Waals surface area (Å²) in [7, 11) is 1.88. The van der Waals surface area contributed by atoms with Crippen molar-refractivity contribution in [3.8, 4) is 0 Å². The van der Waals surface area contributed by atoms with Gasteiger partial charge in [-0.15, -0.1) is 0 Å². The zero-order valence-corrected chi connectivity index (χ0v) is 13.1. The van der Waals surface area contributed by atoms with E-state index in [1.165, 1.54) is 12.8 Å². The van der Waals surface area contributed by atoms with Crippen LogP contribution >= 0.6 is 0 Å².